The third-order valence-corrected chi connectivity index (χ3v) is 3.57. The lowest BCUT2D eigenvalue weighted by atomic mass is 10.2. The first-order valence-corrected chi connectivity index (χ1v) is 7.75. The van der Waals surface area contributed by atoms with E-state index in [0.717, 1.165) is 30.8 Å². The zero-order valence-electron chi connectivity index (χ0n) is 13.2. The predicted molar refractivity (Wildman–Crippen MR) is 82.0 cm³/mol. The van der Waals surface area contributed by atoms with Gasteiger partial charge in [-0.05, 0) is 38.3 Å². The maximum atomic E-state index is 11.8. The van der Waals surface area contributed by atoms with Gasteiger partial charge in [-0.3, -0.25) is 0 Å². The van der Waals surface area contributed by atoms with E-state index in [2.05, 4.69) is 0 Å². The molecule has 1 aromatic rings. The van der Waals surface area contributed by atoms with Crippen LogP contribution in [0.1, 0.15) is 25.3 Å². The second-order valence-electron chi connectivity index (χ2n) is 5.39. The van der Waals surface area contributed by atoms with Gasteiger partial charge in [-0.2, -0.15) is 0 Å². The molecule has 1 aliphatic rings. The molecule has 122 valence electrons. The fourth-order valence-corrected chi connectivity index (χ4v) is 2.23. The Morgan fingerprint density at radius 2 is 2.18 bits per heavy atom. The van der Waals surface area contributed by atoms with Gasteiger partial charge in [0, 0.05) is 6.61 Å². The first kappa shape index (κ1) is 16.8. The van der Waals surface area contributed by atoms with E-state index in [1.54, 1.807) is 6.92 Å². The molecule has 1 aromatic carbocycles. The van der Waals surface area contributed by atoms with Gasteiger partial charge < -0.3 is 18.9 Å². The number of para-hydroxylation sites is 1. The Labute approximate surface area is 131 Å². The summed E-state index contributed by atoms with van der Waals surface area (Å²) in [6, 6.07) is 7.73. The van der Waals surface area contributed by atoms with Gasteiger partial charge in [-0.1, -0.05) is 18.2 Å². The minimum atomic E-state index is -0.581. The van der Waals surface area contributed by atoms with E-state index < -0.39 is 6.10 Å². The Morgan fingerprint density at radius 1 is 1.36 bits per heavy atom. The summed E-state index contributed by atoms with van der Waals surface area (Å²) in [5.74, 6) is 0.438. The molecular formula is C17H24O5. The van der Waals surface area contributed by atoms with Crippen molar-refractivity contribution in [3.05, 3.63) is 29.8 Å². The van der Waals surface area contributed by atoms with E-state index in [9.17, 15) is 4.79 Å². The lowest BCUT2D eigenvalue weighted by Crippen LogP contribution is -2.28. The fraction of sp³-hybridized carbons (Fsp3) is 0.588. The molecule has 1 saturated heterocycles. The number of rotatable bonds is 8. The zero-order valence-corrected chi connectivity index (χ0v) is 13.2. The number of esters is 1. The van der Waals surface area contributed by atoms with Gasteiger partial charge in [-0.15, -0.1) is 0 Å². The van der Waals surface area contributed by atoms with E-state index in [1.165, 1.54) is 0 Å². The van der Waals surface area contributed by atoms with Crippen molar-refractivity contribution in [3.8, 4) is 5.75 Å². The summed E-state index contributed by atoms with van der Waals surface area (Å²) in [5, 5.41) is 0. The average molecular weight is 308 g/mol. The highest BCUT2D eigenvalue weighted by Crippen LogP contribution is 2.16. The predicted octanol–water partition coefficient (Wildman–Crippen LogP) is 2.50. The first-order valence-electron chi connectivity index (χ1n) is 7.75. The SMILES string of the molecule is Cc1ccccc1OCCOC(=O)C(C)OCC1CCCO1. The highest BCUT2D eigenvalue weighted by molar-refractivity contribution is 5.74. The van der Waals surface area contributed by atoms with E-state index >= 15 is 0 Å². The minimum Gasteiger partial charge on any atom is -0.490 e. The van der Waals surface area contributed by atoms with Crippen LogP contribution in [0, 0.1) is 6.92 Å². The van der Waals surface area contributed by atoms with Gasteiger partial charge in [0.15, 0.2) is 6.10 Å². The second-order valence-corrected chi connectivity index (χ2v) is 5.39. The summed E-state index contributed by atoms with van der Waals surface area (Å²) in [5.41, 5.74) is 1.06. The van der Waals surface area contributed by atoms with Crippen LogP contribution in [0.25, 0.3) is 0 Å². The van der Waals surface area contributed by atoms with Gasteiger partial charge in [0.1, 0.15) is 19.0 Å². The molecule has 22 heavy (non-hydrogen) atoms. The lowest BCUT2D eigenvalue weighted by Gasteiger charge is -2.15. The molecule has 0 aromatic heterocycles. The van der Waals surface area contributed by atoms with Crippen LogP contribution in [-0.2, 0) is 19.0 Å². The largest absolute Gasteiger partial charge is 0.490 e. The van der Waals surface area contributed by atoms with Gasteiger partial charge in [0.25, 0.3) is 0 Å². The zero-order chi connectivity index (χ0) is 15.8. The third-order valence-electron chi connectivity index (χ3n) is 3.57. The standard InChI is InChI=1S/C17H24O5/c1-13-6-3-4-8-16(13)20-10-11-21-17(18)14(2)22-12-15-7-5-9-19-15/h3-4,6,8,14-15H,5,7,9-12H2,1-2H3. The molecule has 0 spiro atoms. The van der Waals surface area contributed by atoms with Crippen molar-refractivity contribution in [2.24, 2.45) is 0 Å². The van der Waals surface area contributed by atoms with Crippen LogP contribution in [0.3, 0.4) is 0 Å². The van der Waals surface area contributed by atoms with Crippen molar-refractivity contribution in [2.75, 3.05) is 26.4 Å². The van der Waals surface area contributed by atoms with E-state index in [1.807, 2.05) is 31.2 Å². The molecule has 2 atom stereocenters. The van der Waals surface area contributed by atoms with E-state index in [-0.39, 0.29) is 18.7 Å². The van der Waals surface area contributed by atoms with Gasteiger partial charge >= 0.3 is 5.97 Å². The van der Waals surface area contributed by atoms with Crippen molar-refractivity contribution in [1.82, 2.24) is 0 Å². The van der Waals surface area contributed by atoms with Crippen LogP contribution < -0.4 is 4.74 Å². The van der Waals surface area contributed by atoms with Crippen molar-refractivity contribution in [1.29, 1.82) is 0 Å². The summed E-state index contributed by atoms with van der Waals surface area (Å²) >= 11 is 0. The smallest absolute Gasteiger partial charge is 0.335 e. The van der Waals surface area contributed by atoms with Crippen LogP contribution in [-0.4, -0.2) is 44.6 Å². The van der Waals surface area contributed by atoms with Crippen molar-refractivity contribution in [3.63, 3.8) is 0 Å². The van der Waals surface area contributed by atoms with Crippen molar-refractivity contribution in [2.45, 2.75) is 38.9 Å². The van der Waals surface area contributed by atoms with Crippen LogP contribution in [0.2, 0.25) is 0 Å². The Morgan fingerprint density at radius 3 is 2.91 bits per heavy atom. The maximum absolute atomic E-state index is 11.8. The number of ether oxygens (including phenoxy) is 4. The minimum absolute atomic E-state index is 0.111. The monoisotopic (exact) mass is 308 g/mol. The summed E-state index contributed by atoms with van der Waals surface area (Å²) < 4.78 is 21.6. The number of hydrogen-bond donors (Lipinski definition) is 0. The molecule has 2 rings (SSSR count). The molecule has 0 saturated carbocycles. The average Bonchev–Trinajstić information content (AvgIpc) is 3.04. The van der Waals surface area contributed by atoms with Crippen LogP contribution in [0.15, 0.2) is 24.3 Å². The molecule has 0 N–H and O–H groups in total. The topological polar surface area (TPSA) is 54.0 Å². The number of aryl methyl sites for hydroxylation is 1. The second kappa shape index (κ2) is 8.76. The Hall–Kier alpha value is -1.59. The Kier molecular flexibility index (Phi) is 6.68. The molecule has 0 amide bonds. The van der Waals surface area contributed by atoms with E-state index in [0.29, 0.717) is 13.2 Å². The highest BCUT2D eigenvalue weighted by Gasteiger charge is 2.20. The number of hydrogen-bond acceptors (Lipinski definition) is 5. The molecule has 2 unspecified atom stereocenters. The Bertz CT molecular complexity index is 468. The molecule has 5 nitrogen and oxygen atoms in total. The molecule has 0 bridgehead atoms. The first-order chi connectivity index (χ1) is 10.7. The molecule has 5 heteroatoms. The third kappa shape index (κ3) is 5.31. The number of carbonyl (C=O) groups excluding carboxylic acids is 1. The van der Waals surface area contributed by atoms with Crippen LogP contribution in [0.5, 0.6) is 5.75 Å². The summed E-state index contributed by atoms with van der Waals surface area (Å²) in [7, 11) is 0. The molecule has 0 radical (unpaired) electrons. The maximum Gasteiger partial charge on any atom is 0.335 e. The molecule has 1 aliphatic heterocycles. The molecular weight excluding hydrogens is 284 g/mol. The van der Waals surface area contributed by atoms with Crippen molar-refractivity contribution < 1.29 is 23.7 Å². The number of carbonyl (C=O) groups is 1. The molecule has 1 heterocycles. The normalized spacial score (nSPS) is 18.9. The summed E-state index contributed by atoms with van der Waals surface area (Å²) in [6.45, 7) is 5.43. The molecule has 1 fully saturated rings. The van der Waals surface area contributed by atoms with Crippen LogP contribution in [0.4, 0.5) is 0 Å². The Balaban J connectivity index is 1.59. The van der Waals surface area contributed by atoms with E-state index in [4.69, 9.17) is 18.9 Å². The number of benzene rings is 1. The van der Waals surface area contributed by atoms with Gasteiger partial charge in [0.2, 0.25) is 0 Å². The lowest BCUT2D eigenvalue weighted by molar-refractivity contribution is -0.158. The molecule has 0 aliphatic carbocycles. The fourth-order valence-electron chi connectivity index (χ4n) is 2.23. The van der Waals surface area contributed by atoms with Gasteiger partial charge in [0.05, 0.1) is 12.7 Å². The quantitative estimate of drug-likeness (QED) is 0.545. The van der Waals surface area contributed by atoms with Crippen LogP contribution >= 0.6 is 0 Å². The van der Waals surface area contributed by atoms with Crippen molar-refractivity contribution >= 4 is 5.97 Å². The van der Waals surface area contributed by atoms with Gasteiger partial charge in [-0.25, -0.2) is 4.79 Å². The highest BCUT2D eigenvalue weighted by atomic mass is 16.6. The summed E-state index contributed by atoms with van der Waals surface area (Å²) in [4.78, 5) is 11.8. The summed E-state index contributed by atoms with van der Waals surface area (Å²) in [6.07, 6.45) is 1.58.